The van der Waals surface area contributed by atoms with E-state index in [2.05, 4.69) is 15.3 Å². The Kier molecular flexibility index (Phi) is 6.18. The summed E-state index contributed by atoms with van der Waals surface area (Å²) in [6.45, 7) is 1.24. The van der Waals surface area contributed by atoms with Crippen molar-refractivity contribution in [2.45, 2.75) is 25.0 Å². The van der Waals surface area contributed by atoms with Gasteiger partial charge in [-0.3, -0.25) is 0 Å². The van der Waals surface area contributed by atoms with E-state index in [4.69, 9.17) is 43.1 Å². The molecule has 3 heterocycles. The molecule has 10 nitrogen and oxygen atoms in total. The summed E-state index contributed by atoms with van der Waals surface area (Å²) in [5.41, 5.74) is 7.19. The number of hydrogen-bond acceptors (Lipinski definition) is 10. The van der Waals surface area contributed by atoms with Gasteiger partial charge in [-0.2, -0.15) is 4.98 Å². The minimum atomic E-state index is -1.10. The summed E-state index contributed by atoms with van der Waals surface area (Å²) in [6, 6.07) is 1.39. The average Bonchev–Trinajstić information content (AvgIpc) is 3.16. The van der Waals surface area contributed by atoms with E-state index < -0.39 is 6.35 Å². The van der Waals surface area contributed by atoms with E-state index in [0.717, 1.165) is 5.56 Å². The van der Waals surface area contributed by atoms with E-state index in [1.165, 1.54) is 14.2 Å². The summed E-state index contributed by atoms with van der Waals surface area (Å²) in [5, 5.41) is 14.8. The van der Waals surface area contributed by atoms with Crippen molar-refractivity contribution in [3.63, 3.8) is 0 Å². The molecule has 2 aromatic rings. The molecule has 3 atom stereocenters. The molecule has 0 spiro atoms. The molecule has 2 aliphatic rings. The highest BCUT2D eigenvalue weighted by molar-refractivity contribution is 6.41. The van der Waals surface area contributed by atoms with Gasteiger partial charge in [0.15, 0.2) is 0 Å². The van der Waals surface area contributed by atoms with Crippen LogP contribution in [-0.4, -0.2) is 68.0 Å². The normalized spacial score (nSPS) is 23.0. The van der Waals surface area contributed by atoms with E-state index in [-0.39, 0.29) is 28.7 Å². The number of hydrogen-bond donors (Lipinski definition) is 3. The van der Waals surface area contributed by atoms with Crippen molar-refractivity contribution in [2.75, 3.05) is 49.6 Å². The van der Waals surface area contributed by atoms with Crippen LogP contribution in [0, 0.1) is 0 Å². The van der Waals surface area contributed by atoms with Crippen LogP contribution in [0.25, 0.3) is 0 Å². The first kappa shape index (κ1) is 22.0. The van der Waals surface area contributed by atoms with Crippen LogP contribution in [0.3, 0.4) is 0 Å². The molecule has 3 unspecified atom stereocenters. The molecule has 4 N–H and O–H groups in total. The Labute approximate surface area is 189 Å². The number of rotatable bonds is 5. The molecule has 12 heteroatoms. The first-order chi connectivity index (χ1) is 14.8. The van der Waals surface area contributed by atoms with Gasteiger partial charge in [0.2, 0.25) is 12.3 Å². The fraction of sp³-hybridized carbons (Fsp3) is 0.474. The maximum atomic E-state index is 11.1. The number of ether oxygens (including phenoxy) is 3. The van der Waals surface area contributed by atoms with Crippen LogP contribution < -0.4 is 30.3 Å². The highest BCUT2D eigenvalue weighted by atomic mass is 35.5. The fourth-order valence-corrected chi connectivity index (χ4v) is 4.39. The summed E-state index contributed by atoms with van der Waals surface area (Å²) >= 11 is 13.1. The number of aromatic nitrogens is 2. The minimum absolute atomic E-state index is 0.0739. The number of anilines is 3. The van der Waals surface area contributed by atoms with E-state index >= 15 is 0 Å². The summed E-state index contributed by atoms with van der Waals surface area (Å²) in [4.78, 5) is 12.2. The Bertz CT molecular complexity index is 953. The molecule has 0 bridgehead atoms. The lowest BCUT2D eigenvalue weighted by atomic mass is 10.1. The van der Waals surface area contributed by atoms with Crippen LogP contribution >= 0.6 is 23.2 Å². The third-order valence-electron chi connectivity index (χ3n) is 5.42. The van der Waals surface area contributed by atoms with Gasteiger partial charge in [-0.05, 0) is 0 Å². The summed E-state index contributed by atoms with van der Waals surface area (Å²) in [7, 11) is 4.71. The van der Waals surface area contributed by atoms with Gasteiger partial charge < -0.3 is 40.2 Å². The van der Waals surface area contributed by atoms with Crippen LogP contribution in [0.1, 0.15) is 5.56 Å². The molecule has 4 rings (SSSR count). The van der Waals surface area contributed by atoms with Crippen molar-refractivity contribution >= 4 is 40.7 Å². The number of aliphatic hydroxyl groups excluding tert-OH is 1. The monoisotopic (exact) mass is 470 g/mol. The third kappa shape index (κ3) is 3.90. The lowest BCUT2D eigenvalue weighted by molar-refractivity contribution is 0.160. The zero-order chi connectivity index (χ0) is 22.3. The molecule has 0 aliphatic carbocycles. The van der Waals surface area contributed by atoms with Crippen molar-refractivity contribution in [1.29, 1.82) is 0 Å². The van der Waals surface area contributed by atoms with Crippen LogP contribution in [0.5, 0.6) is 11.5 Å². The molecule has 1 fully saturated rings. The lowest BCUT2D eigenvalue weighted by Gasteiger charge is -2.42. The Balaban J connectivity index is 1.68. The molecule has 0 amide bonds. The van der Waals surface area contributed by atoms with Crippen molar-refractivity contribution in [2.24, 2.45) is 5.73 Å². The van der Waals surface area contributed by atoms with E-state index in [1.54, 1.807) is 29.1 Å². The Morgan fingerprint density at radius 2 is 1.90 bits per heavy atom. The summed E-state index contributed by atoms with van der Waals surface area (Å²) in [5.74, 6) is 1.75. The number of nitrogens with zero attached hydrogens (tertiary/aromatic N) is 4. The second-order valence-electron chi connectivity index (χ2n) is 7.34. The zero-order valence-corrected chi connectivity index (χ0v) is 18.8. The van der Waals surface area contributed by atoms with Crippen LogP contribution in [-0.2, 0) is 11.3 Å². The maximum absolute atomic E-state index is 11.1. The molecule has 1 aromatic carbocycles. The van der Waals surface area contributed by atoms with Gasteiger partial charge in [-0.15, -0.1) is 0 Å². The summed E-state index contributed by atoms with van der Waals surface area (Å²) < 4.78 is 16.1. The van der Waals surface area contributed by atoms with Gasteiger partial charge in [0.25, 0.3) is 0 Å². The number of halogens is 2. The number of fused-ring (bicyclic) bond motifs is 1. The van der Waals surface area contributed by atoms with Crippen LogP contribution in [0.4, 0.5) is 17.5 Å². The molecule has 168 valence electrons. The molecular formula is C19H24Cl2N6O4. The van der Waals surface area contributed by atoms with Gasteiger partial charge >= 0.3 is 0 Å². The highest BCUT2D eigenvalue weighted by Crippen LogP contribution is 2.48. The van der Waals surface area contributed by atoms with E-state index in [1.807, 2.05) is 0 Å². The smallest absolute Gasteiger partial charge is 0.224 e. The second kappa shape index (κ2) is 8.71. The predicted molar refractivity (Wildman–Crippen MR) is 118 cm³/mol. The Morgan fingerprint density at radius 3 is 2.48 bits per heavy atom. The topological polar surface area (TPSA) is 118 Å². The highest BCUT2D eigenvalue weighted by Gasteiger charge is 2.35. The number of benzene rings is 1. The third-order valence-corrected chi connectivity index (χ3v) is 6.15. The Morgan fingerprint density at radius 1 is 1.23 bits per heavy atom. The molecule has 0 saturated carbocycles. The first-order valence-corrected chi connectivity index (χ1v) is 10.3. The maximum Gasteiger partial charge on any atom is 0.224 e. The van der Waals surface area contributed by atoms with Gasteiger partial charge in [0, 0.05) is 24.9 Å². The van der Waals surface area contributed by atoms with Gasteiger partial charge in [-0.25, -0.2) is 4.98 Å². The Hall–Kier alpha value is -2.24. The SMILES string of the molecule is COc1cc(OC)c(Cl)c(N2Cc3cnc(NC4COCC4N)nc3N(C)C2O)c1Cl. The fourth-order valence-electron chi connectivity index (χ4n) is 3.67. The predicted octanol–water partition coefficient (Wildman–Crippen LogP) is 1.67. The molecule has 2 aliphatic heterocycles. The first-order valence-electron chi connectivity index (χ1n) is 9.59. The average molecular weight is 471 g/mol. The zero-order valence-electron chi connectivity index (χ0n) is 17.3. The molecular weight excluding hydrogens is 447 g/mol. The van der Waals surface area contributed by atoms with Crippen LogP contribution in [0.15, 0.2) is 12.3 Å². The number of nitrogens with one attached hydrogen (secondary N) is 1. The minimum Gasteiger partial charge on any atom is -0.495 e. The van der Waals surface area contributed by atoms with E-state index in [9.17, 15) is 5.11 Å². The standard InChI is InChI=1S/C19H24Cl2N6O4/c1-26-17-9(5-23-18(25-17)24-11-8-31-7-10(11)22)6-27(19(26)28)16-14(20)12(29-2)4-13(30-3)15(16)21/h4-5,10-11,19,28H,6-8,22H2,1-3H3,(H,23,24,25). The summed E-state index contributed by atoms with van der Waals surface area (Å²) in [6.07, 6.45) is 0.597. The van der Waals surface area contributed by atoms with Crippen molar-refractivity contribution in [3.05, 3.63) is 27.9 Å². The molecule has 1 aromatic heterocycles. The number of methoxy groups -OCH3 is 2. The largest absolute Gasteiger partial charge is 0.495 e. The van der Waals surface area contributed by atoms with E-state index in [0.29, 0.717) is 42.2 Å². The molecule has 0 radical (unpaired) electrons. The lowest BCUT2D eigenvalue weighted by Crippen LogP contribution is -2.51. The molecule has 31 heavy (non-hydrogen) atoms. The van der Waals surface area contributed by atoms with Crippen molar-refractivity contribution < 1.29 is 19.3 Å². The van der Waals surface area contributed by atoms with Crippen LogP contribution in [0.2, 0.25) is 10.0 Å². The van der Waals surface area contributed by atoms with Crippen molar-refractivity contribution in [3.8, 4) is 11.5 Å². The van der Waals surface area contributed by atoms with Gasteiger partial charge in [0.1, 0.15) is 27.4 Å². The van der Waals surface area contributed by atoms with Gasteiger partial charge in [0.05, 0.1) is 51.7 Å². The number of aliphatic hydroxyl groups is 1. The number of nitrogens with two attached hydrogens (primary N) is 1. The quantitative estimate of drug-likeness (QED) is 0.594. The second-order valence-corrected chi connectivity index (χ2v) is 8.09. The molecule has 1 saturated heterocycles. The van der Waals surface area contributed by atoms with Crippen molar-refractivity contribution in [1.82, 2.24) is 9.97 Å². The van der Waals surface area contributed by atoms with Gasteiger partial charge in [-0.1, -0.05) is 23.2 Å².